The van der Waals surface area contributed by atoms with E-state index < -0.39 is 0 Å². The van der Waals surface area contributed by atoms with E-state index in [1.807, 2.05) is 25.2 Å². The van der Waals surface area contributed by atoms with E-state index in [0.717, 1.165) is 5.57 Å². The first-order valence-corrected chi connectivity index (χ1v) is 3.38. The Hall–Kier alpha value is -0.490. The van der Waals surface area contributed by atoms with Gasteiger partial charge in [-0.3, -0.25) is 0 Å². The van der Waals surface area contributed by atoms with Gasteiger partial charge in [0.2, 0.25) is 0 Å². The van der Waals surface area contributed by atoms with Crippen LogP contribution in [0.15, 0.2) is 36.5 Å². The highest BCUT2D eigenvalue weighted by molar-refractivity contribution is 6.19. The number of hydrogen-bond acceptors (Lipinski definition) is 0. The van der Waals surface area contributed by atoms with Gasteiger partial charge >= 0.3 is 0 Å². The van der Waals surface area contributed by atoms with Gasteiger partial charge in [0.15, 0.2) is 0 Å². The first-order chi connectivity index (χ1) is 4.35. The van der Waals surface area contributed by atoms with Crippen molar-refractivity contribution in [2.24, 2.45) is 0 Å². The molecule has 0 aromatic heterocycles. The van der Waals surface area contributed by atoms with Crippen LogP contribution in [0.3, 0.4) is 0 Å². The molecule has 0 nitrogen and oxygen atoms in total. The molecule has 0 atom stereocenters. The largest absolute Gasteiger partial charge is 0.122 e. The van der Waals surface area contributed by atoms with Crippen LogP contribution in [0.25, 0.3) is 0 Å². The molecule has 0 aliphatic carbocycles. The molecule has 1 heteroatoms. The lowest BCUT2D eigenvalue weighted by Gasteiger charge is -1.89. The molecule has 0 rings (SSSR count). The Morgan fingerprint density at radius 1 is 1.67 bits per heavy atom. The zero-order valence-corrected chi connectivity index (χ0v) is 6.36. The van der Waals surface area contributed by atoms with Gasteiger partial charge in [-0.15, -0.1) is 11.6 Å². The minimum atomic E-state index is 0.552. The minimum absolute atomic E-state index is 0.552. The van der Waals surface area contributed by atoms with E-state index in [2.05, 4.69) is 6.58 Å². The normalized spacial score (nSPS) is 12.4. The van der Waals surface area contributed by atoms with Crippen molar-refractivity contribution in [2.45, 2.75) is 6.92 Å². The maximum Gasteiger partial charge on any atom is 0.0473 e. The Bertz CT molecular complexity index is 132. The van der Waals surface area contributed by atoms with Crippen LogP contribution in [0.5, 0.6) is 0 Å². The molecule has 0 heterocycles. The third-order valence-electron chi connectivity index (χ3n) is 0.867. The second-order valence-electron chi connectivity index (χ2n) is 1.61. The number of hydrogen-bond donors (Lipinski definition) is 0. The zero-order valence-electron chi connectivity index (χ0n) is 5.60. The van der Waals surface area contributed by atoms with E-state index in [1.165, 1.54) is 0 Å². The monoisotopic (exact) mass is 142 g/mol. The van der Waals surface area contributed by atoms with Crippen LogP contribution in [-0.2, 0) is 0 Å². The predicted molar refractivity (Wildman–Crippen MR) is 43.8 cm³/mol. The summed E-state index contributed by atoms with van der Waals surface area (Å²) in [5.41, 5.74) is 1.09. The van der Waals surface area contributed by atoms with E-state index in [4.69, 9.17) is 11.6 Å². The van der Waals surface area contributed by atoms with Gasteiger partial charge in [0.1, 0.15) is 0 Å². The maximum atomic E-state index is 5.56. The fraction of sp³-hybridized carbons (Fsp3) is 0.250. The Kier molecular flexibility index (Phi) is 5.34. The fourth-order valence-corrected chi connectivity index (χ4v) is 0.688. The van der Waals surface area contributed by atoms with Crippen molar-refractivity contribution in [3.05, 3.63) is 36.5 Å². The highest BCUT2D eigenvalue weighted by Crippen LogP contribution is 1.99. The summed E-state index contributed by atoms with van der Waals surface area (Å²) in [6, 6.07) is 0. The maximum absolute atomic E-state index is 5.56. The molecule has 0 saturated carbocycles. The van der Waals surface area contributed by atoms with Crippen molar-refractivity contribution >= 4 is 11.6 Å². The van der Waals surface area contributed by atoms with E-state index in [9.17, 15) is 0 Å². The summed E-state index contributed by atoms with van der Waals surface area (Å²) in [5, 5.41) is 0. The van der Waals surface area contributed by atoms with Crippen molar-refractivity contribution in [3.63, 3.8) is 0 Å². The molecule has 0 spiro atoms. The molecule has 0 aliphatic rings. The quantitative estimate of drug-likeness (QED) is 0.420. The van der Waals surface area contributed by atoms with Crippen LogP contribution < -0.4 is 0 Å². The van der Waals surface area contributed by atoms with Crippen LogP contribution in [0.4, 0.5) is 0 Å². The third kappa shape index (κ3) is 4.04. The third-order valence-corrected chi connectivity index (χ3v) is 1.18. The van der Waals surface area contributed by atoms with Crippen molar-refractivity contribution < 1.29 is 0 Å². The van der Waals surface area contributed by atoms with Gasteiger partial charge in [-0.05, 0) is 12.5 Å². The molecular formula is C8H11Cl. The summed E-state index contributed by atoms with van der Waals surface area (Å²) in [6.45, 7) is 5.52. The molecule has 0 radical (unpaired) electrons. The predicted octanol–water partition coefficient (Wildman–Crippen LogP) is 2.91. The molecule has 0 aromatic carbocycles. The summed E-state index contributed by atoms with van der Waals surface area (Å²) in [4.78, 5) is 0. The van der Waals surface area contributed by atoms with Crippen molar-refractivity contribution in [2.75, 3.05) is 5.88 Å². The number of alkyl halides is 1. The molecular weight excluding hydrogens is 132 g/mol. The SMILES string of the molecule is C=C/C=C(\C=C/C)CCl. The van der Waals surface area contributed by atoms with E-state index >= 15 is 0 Å². The number of rotatable bonds is 3. The molecule has 50 valence electrons. The van der Waals surface area contributed by atoms with Gasteiger partial charge in [0.25, 0.3) is 0 Å². The first kappa shape index (κ1) is 8.51. The van der Waals surface area contributed by atoms with Crippen LogP contribution >= 0.6 is 11.6 Å². The van der Waals surface area contributed by atoms with Crippen molar-refractivity contribution in [1.29, 1.82) is 0 Å². The van der Waals surface area contributed by atoms with Crippen LogP contribution in [0, 0.1) is 0 Å². The standard InChI is InChI=1S/C8H11Cl/c1-3-5-8(7-9)6-4-2/h3-6H,1,7H2,2H3/b6-4-,8-5+. The minimum Gasteiger partial charge on any atom is -0.122 e. The Morgan fingerprint density at radius 3 is 2.67 bits per heavy atom. The van der Waals surface area contributed by atoms with E-state index in [-0.39, 0.29) is 0 Å². The Balaban J connectivity index is 3.96. The summed E-state index contributed by atoms with van der Waals surface area (Å²) in [6.07, 6.45) is 7.55. The average molecular weight is 143 g/mol. The molecule has 0 N–H and O–H groups in total. The smallest absolute Gasteiger partial charge is 0.0473 e. The van der Waals surface area contributed by atoms with Crippen molar-refractivity contribution in [1.82, 2.24) is 0 Å². The fourth-order valence-electron chi connectivity index (χ4n) is 0.510. The molecule has 0 aliphatic heterocycles. The van der Waals surface area contributed by atoms with Gasteiger partial charge in [-0.2, -0.15) is 0 Å². The Morgan fingerprint density at radius 2 is 2.33 bits per heavy atom. The second-order valence-corrected chi connectivity index (χ2v) is 1.88. The zero-order chi connectivity index (χ0) is 7.11. The number of halogens is 1. The highest BCUT2D eigenvalue weighted by Gasteiger charge is 1.82. The van der Waals surface area contributed by atoms with Crippen molar-refractivity contribution in [3.8, 4) is 0 Å². The van der Waals surface area contributed by atoms with Gasteiger partial charge in [-0.1, -0.05) is 30.9 Å². The molecule has 0 amide bonds. The average Bonchev–Trinajstić information content (AvgIpc) is 1.88. The van der Waals surface area contributed by atoms with Gasteiger partial charge < -0.3 is 0 Å². The molecule has 0 aromatic rings. The van der Waals surface area contributed by atoms with Gasteiger partial charge in [-0.25, -0.2) is 0 Å². The van der Waals surface area contributed by atoms with Crippen LogP contribution in [-0.4, -0.2) is 5.88 Å². The lowest BCUT2D eigenvalue weighted by Crippen LogP contribution is -1.75. The second kappa shape index (κ2) is 5.64. The van der Waals surface area contributed by atoms with Gasteiger partial charge in [0, 0.05) is 5.88 Å². The lowest BCUT2D eigenvalue weighted by molar-refractivity contribution is 1.51. The molecule has 9 heavy (non-hydrogen) atoms. The van der Waals surface area contributed by atoms with Gasteiger partial charge in [0.05, 0.1) is 0 Å². The highest BCUT2D eigenvalue weighted by atomic mass is 35.5. The summed E-state index contributed by atoms with van der Waals surface area (Å²) >= 11 is 5.56. The summed E-state index contributed by atoms with van der Waals surface area (Å²) < 4.78 is 0. The van der Waals surface area contributed by atoms with E-state index in [0.29, 0.717) is 5.88 Å². The Labute approximate surface area is 61.5 Å². The topological polar surface area (TPSA) is 0 Å². The van der Waals surface area contributed by atoms with Crippen LogP contribution in [0.1, 0.15) is 6.92 Å². The summed E-state index contributed by atoms with van der Waals surface area (Å²) in [5.74, 6) is 0.552. The van der Waals surface area contributed by atoms with Crippen LogP contribution in [0.2, 0.25) is 0 Å². The first-order valence-electron chi connectivity index (χ1n) is 2.85. The number of allylic oxidation sites excluding steroid dienone is 5. The lowest BCUT2D eigenvalue weighted by atomic mass is 10.2. The van der Waals surface area contributed by atoms with E-state index in [1.54, 1.807) is 6.08 Å². The molecule has 0 unspecified atom stereocenters. The molecule has 0 fully saturated rings. The summed E-state index contributed by atoms with van der Waals surface area (Å²) in [7, 11) is 0. The molecule has 0 saturated heterocycles. The molecule has 0 bridgehead atoms.